The Morgan fingerprint density at radius 1 is 1.35 bits per heavy atom. The maximum Gasteiger partial charge on any atom is 0.222 e. The molecule has 0 saturated carbocycles. The van der Waals surface area contributed by atoms with E-state index in [1.807, 2.05) is 24.3 Å². The summed E-state index contributed by atoms with van der Waals surface area (Å²) in [5, 5.41) is 2.05. The predicted octanol–water partition coefficient (Wildman–Crippen LogP) is 4.14. The highest BCUT2D eigenvalue weighted by molar-refractivity contribution is 9.10. The van der Waals surface area contributed by atoms with Crippen LogP contribution in [-0.4, -0.2) is 35.6 Å². The minimum Gasteiger partial charge on any atom is -0.349 e. The van der Waals surface area contributed by atoms with Crippen LogP contribution >= 0.6 is 39.0 Å². The Labute approximate surface area is 135 Å². The fraction of sp³-hybridized carbons (Fsp3) is 0.286. The molecular formula is C14H15BrN2OS2. The Balaban J connectivity index is 1.92. The summed E-state index contributed by atoms with van der Waals surface area (Å²) in [5.74, 6) is 0.923. The molecule has 1 aromatic heterocycles. The van der Waals surface area contributed by atoms with Crippen molar-refractivity contribution in [3.8, 4) is 11.3 Å². The first-order valence-corrected chi connectivity index (χ1v) is 8.76. The second-order valence-corrected chi connectivity index (χ2v) is 7.51. The van der Waals surface area contributed by atoms with Gasteiger partial charge >= 0.3 is 0 Å². The maximum atomic E-state index is 11.5. The Morgan fingerprint density at radius 2 is 2.05 bits per heavy atom. The molecule has 2 aromatic rings. The number of carbonyl (C=O) groups excluding carboxylic acids is 1. The van der Waals surface area contributed by atoms with E-state index in [1.54, 1.807) is 42.1 Å². The molecule has 106 valence electrons. The number of benzene rings is 1. The van der Waals surface area contributed by atoms with Crippen molar-refractivity contribution in [3.05, 3.63) is 34.1 Å². The first-order valence-electron chi connectivity index (χ1n) is 6.10. The quantitative estimate of drug-likeness (QED) is 0.741. The van der Waals surface area contributed by atoms with E-state index in [-0.39, 0.29) is 5.91 Å². The van der Waals surface area contributed by atoms with Crippen molar-refractivity contribution >= 4 is 44.9 Å². The van der Waals surface area contributed by atoms with Gasteiger partial charge in [0.2, 0.25) is 5.91 Å². The van der Waals surface area contributed by atoms with Crippen molar-refractivity contribution < 1.29 is 4.79 Å². The third kappa shape index (κ3) is 4.33. The third-order valence-corrected chi connectivity index (χ3v) is 5.21. The van der Waals surface area contributed by atoms with Crippen LogP contribution in [0.5, 0.6) is 0 Å². The second-order valence-electron chi connectivity index (χ2n) is 4.39. The van der Waals surface area contributed by atoms with Crippen molar-refractivity contribution in [2.24, 2.45) is 0 Å². The van der Waals surface area contributed by atoms with E-state index in [9.17, 15) is 4.79 Å². The highest BCUT2D eigenvalue weighted by atomic mass is 79.9. The molecule has 0 aliphatic carbocycles. The molecule has 1 aromatic carbocycles. The van der Waals surface area contributed by atoms with Crippen molar-refractivity contribution in [1.82, 2.24) is 9.88 Å². The SMILES string of the molecule is CN(C)C(=O)CCSc1nc(-c2ccc(Br)cc2)cs1. The van der Waals surface area contributed by atoms with Crippen LogP contribution in [0.2, 0.25) is 0 Å². The van der Waals surface area contributed by atoms with Crippen LogP contribution in [0.4, 0.5) is 0 Å². The van der Waals surface area contributed by atoms with Crippen LogP contribution in [0.25, 0.3) is 11.3 Å². The van der Waals surface area contributed by atoms with E-state index in [1.165, 1.54) is 0 Å². The molecule has 0 aliphatic rings. The number of thiazole rings is 1. The van der Waals surface area contributed by atoms with Gasteiger partial charge in [0.1, 0.15) is 0 Å². The number of aromatic nitrogens is 1. The van der Waals surface area contributed by atoms with Crippen molar-refractivity contribution in [3.63, 3.8) is 0 Å². The maximum absolute atomic E-state index is 11.5. The number of rotatable bonds is 5. The molecule has 3 nitrogen and oxygen atoms in total. The lowest BCUT2D eigenvalue weighted by Gasteiger charge is -2.08. The van der Waals surface area contributed by atoms with Crippen LogP contribution in [0.1, 0.15) is 6.42 Å². The van der Waals surface area contributed by atoms with Gasteiger partial charge < -0.3 is 4.90 Å². The number of hydrogen-bond acceptors (Lipinski definition) is 4. The highest BCUT2D eigenvalue weighted by Gasteiger charge is 2.07. The molecule has 20 heavy (non-hydrogen) atoms. The van der Waals surface area contributed by atoms with Gasteiger partial charge in [-0.05, 0) is 12.1 Å². The standard InChI is InChI=1S/C14H15BrN2OS2/c1-17(2)13(18)7-8-19-14-16-12(9-20-14)10-3-5-11(15)6-4-10/h3-6,9H,7-8H2,1-2H3. The molecule has 0 aliphatic heterocycles. The molecule has 0 bridgehead atoms. The number of nitrogens with zero attached hydrogens (tertiary/aromatic N) is 2. The summed E-state index contributed by atoms with van der Waals surface area (Å²) in [4.78, 5) is 17.7. The number of hydrogen-bond donors (Lipinski definition) is 0. The zero-order valence-electron chi connectivity index (χ0n) is 11.3. The number of halogens is 1. The fourth-order valence-corrected chi connectivity index (χ4v) is 3.62. The molecule has 0 spiro atoms. The molecule has 0 saturated heterocycles. The first-order chi connectivity index (χ1) is 9.56. The van der Waals surface area contributed by atoms with Gasteiger partial charge in [-0.3, -0.25) is 4.79 Å². The third-order valence-electron chi connectivity index (χ3n) is 2.66. The fourth-order valence-electron chi connectivity index (χ4n) is 1.53. The van der Waals surface area contributed by atoms with Crippen molar-refractivity contribution in [1.29, 1.82) is 0 Å². The summed E-state index contributed by atoms with van der Waals surface area (Å²) < 4.78 is 2.07. The van der Waals surface area contributed by atoms with E-state index < -0.39 is 0 Å². The van der Waals surface area contributed by atoms with Gasteiger partial charge in [-0.2, -0.15) is 0 Å². The van der Waals surface area contributed by atoms with Gasteiger partial charge in [0.05, 0.1) is 5.69 Å². The van der Waals surface area contributed by atoms with Crippen LogP contribution < -0.4 is 0 Å². The van der Waals surface area contributed by atoms with Gasteiger partial charge in [0, 0.05) is 41.7 Å². The highest BCUT2D eigenvalue weighted by Crippen LogP contribution is 2.29. The smallest absolute Gasteiger partial charge is 0.222 e. The lowest BCUT2D eigenvalue weighted by molar-refractivity contribution is -0.128. The zero-order valence-corrected chi connectivity index (χ0v) is 14.5. The van der Waals surface area contributed by atoms with Gasteiger partial charge in [-0.25, -0.2) is 4.98 Å². The zero-order chi connectivity index (χ0) is 14.5. The van der Waals surface area contributed by atoms with E-state index in [0.29, 0.717) is 6.42 Å². The summed E-state index contributed by atoms with van der Waals surface area (Å²) >= 11 is 6.68. The van der Waals surface area contributed by atoms with E-state index in [2.05, 4.69) is 26.3 Å². The van der Waals surface area contributed by atoms with E-state index in [0.717, 1.165) is 25.8 Å². The molecular weight excluding hydrogens is 356 g/mol. The summed E-state index contributed by atoms with van der Waals surface area (Å²) in [5.41, 5.74) is 2.10. The molecule has 0 unspecified atom stereocenters. The lowest BCUT2D eigenvalue weighted by Crippen LogP contribution is -2.21. The molecule has 1 amide bonds. The topological polar surface area (TPSA) is 33.2 Å². The van der Waals surface area contributed by atoms with Gasteiger partial charge in [-0.15, -0.1) is 11.3 Å². The molecule has 2 rings (SSSR count). The minimum absolute atomic E-state index is 0.155. The van der Waals surface area contributed by atoms with E-state index in [4.69, 9.17) is 0 Å². The summed E-state index contributed by atoms with van der Waals surface area (Å²) in [6, 6.07) is 8.11. The first kappa shape index (κ1) is 15.5. The van der Waals surface area contributed by atoms with Crippen LogP contribution in [0.15, 0.2) is 38.5 Å². The summed E-state index contributed by atoms with van der Waals surface area (Å²) in [6.07, 6.45) is 0.546. The predicted molar refractivity (Wildman–Crippen MR) is 89.3 cm³/mol. The van der Waals surface area contributed by atoms with Gasteiger partial charge in [0.15, 0.2) is 4.34 Å². The molecule has 0 N–H and O–H groups in total. The Morgan fingerprint density at radius 3 is 2.70 bits per heavy atom. The van der Waals surface area contributed by atoms with Gasteiger partial charge in [0.25, 0.3) is 0 Å². The molecule has 1 heterocycles. The average Bonchev–Trinajstić information content (AvgIpc) is 2.88. The van der Waals surface area contributed by atoms with Crippen molar-refractivity contribution in [2.45, 2.75) is 10.8 Å². The molecule has 0 radical (unpaired) electrons. The largest absolute Gasteiger partial charge is 0.349 e. The minimum atomic E-state index is 0.155. The number of amides is 1. The molecule has 6 heteroatoms. The Bertz CT molecular complexity index is 581. The number of thioether (sulfide) groups is 1. The summed E-state index contributed by atoms with van der Waals surface area (Å²) in [6.45, 7) is 0. The second kappa shape index (κ2) is 7.24. The molecule has 0 fully saturated rings. The Kier molecular flexibility index (Phi) is 5.63. The number of carbonyl (C=O) groups is 1. The van der Waals surface area contributed by atoms with Crippen LogP contribution in [-0.2, 0) is 4.79 Å². The Hall–Kier alpha value is -0.850. The van der Waals surface area contributed by atoms with E-state index >= 15 is 0 Å². The van der Waals surface area contributed by atoms with Gasteiger partial charge in [-0.1, -0.05) is 39.8 Å². The monoisotopic (exact) mass is 370 g/mol. The normalized spacial score (nSPS) is 10.6. The average molecular weight is 371 g/mol. The van der Waals surface area contributed by atoms with Crippen LogP contribution in [0, 0.1) is 0 Å². The van der Waals surface area contributed by atoms with Crippen LogP contribution in [0.3, 0.4) is 0 Å². The molecule has 0 atom stereocenters. The lowest BCUT2D eigenvalue weighted by atomic mass is 10.2. The summed E-state index contributed by atoms with van der Waals surface area (Å²) in [7, 11) is 3.56. The van der Waals surface area contributed by atoms with Crippen molar-refractivity contribution in [2.75, 3.05) is 19.8 Å².